The van der Waals surface area contributed by atoms with Gasteiger partial charge in [0, 0.05) is 22.2 Å². The molecule has 0 aliphatic heterocycles. The fourth-order valence-corrected chi connectivity index (χ4v) is 3.50. The molecule has 0 spiro atoms. The molecule has 0 saturated heterocycles. The van der Waals surface area contributed by atoms with Crippen LogP contribution in [0.5, 0.6) is 0 Å². The van der Waals surface area contributed by atoms with Crippen LogP contribution in [-0.4, -0.2) is 0 Å². The molecule has 128 valence electrons. The fourth-order valence-electron chi connectivity index (χ4n) is 3.24. The van der Waals surface area contributed by atoms with Gasteiger partial charge in [-0.15, -0.1) is 0 Å². The quantitative estimate of drug-likeness (QED) is 0.510. The molecule has 0 radical (unpaired) electrons. The first-order valence-electron chi connectivity index (χ1n) is 8.56. The molecule has 3 aromatic carbocycles. The Morgan fingerprint density at radius 1 is 0.846 bits per heavy atom. The fraction of sp³-hybridized carbons (Fsp3) is 0.0870. The molecule has 0 saturated carbocycles. The minimum absolute atomic E-state index is 0.850. The highest BCUT2D eigenvalue weighted by Gasteiger charge is 2.12. The Kier molecular flexibility index (Phi) is 4.48. The Morgan fingerprint density at radius 2 is 1.58 bits per heavy atom. The van der Waals surface area contributed by atoms with E-state index in [1.165, 1.54) is 11.1 Å². The summed E-state index contributed by atoms with van der Waals surface area (Å²) in [6.45, 7) is 4.22. The predicted octanol–water partition coefficient (Wildman–Crippen LogP) is 4.79. The molecule has 3 heteroatoms. The number of benzene rings is 3. The van der Waals surface area contributed by atoms with Crippen molar-refractivity contribution in [2.45, 2.75) is 13.8 Å². The van der Waals surface area contributed by atoms with Gasteiger partial charge in [0.2, 0.25) is 11.0 Å². The van der Waals surface area contributed by atoms with Crippen LogP contribution in [0.15, 0.2) is 81.7 Å². The van der Waals surface area contributed by atoms with Crippen molar-refractivity contribution in [3.05, 3.63) is 93.8 Å². The summed E-state index contributed by atoms with van der Waals surface area (Å²) in [7, 11) is 0. The van der Waals surface area contributed by atoms with Crippen LogP contribution in [0, 0.1) is 13.8 Å². The zero-order chi connectivity index (χ0) is 18.1. The Labute approximate surface area is 161 Å². The zero-order valence-corrected chi connectivity index (χ0v) is 16.3. The summed E-state index contributed by atoms with van der Waals surface area (Å²) < 4.78 is 7.32. The first-order chi connectivity index (χ1) is 12.6. The monoisotopic (exact) mass is 404 g/mol. The largest absolute Gasteiger partial charge is 0.456 e. The Balaban J connectivity index is 2.04. The van der Waals surface area contributed by atoms with E-state index in [1.54, 1.807) is 0 Å². The second-order valence-electron chi connectivity index (χ2n) is 6.48. The van der Waals surface area contributed by atoms with Crippen molar-refractivity contribution in [1.29, 1.82) is 0 Å². The number of hydrogen-bond donors (Lipinski definition) is 1. The van der Waals surface area contributed by atoms with Gasteiger partial charge in [-0.3, -0.25) is 0 Å². The number of rotatable bonds is 2. The van der Waals surface area contributed by atoms with Crippen LogP contribution in [0.3, 0.4) is 0 Å². The summed E-state index contributed by atoms with van der Waals surface area (Å²) in [5.41, 5.74) is 5.39. The molecule has 0 atom stereocenters. The lowest BCUT2D eigenvalue weighted by molar-refractivity contribution is -0.400. The van der Waals surface area contributed by atoms with E-state index in [4.69, 9.17) is 4.42 Å². The second-order valence-corrected chi connectivity index (χ2v) is 7.39. The highest BCUT2D eigenvalue weighted by molar-refractivity contribution is 9.10. The number of hydrogen-bond acceptors (Lipinski definition) is 1. The summed E-state index contributed by atoms with van der Waals surface area (Å²) >= 11 is 3.49. The van der Waals surface area contributed by atoms with E-state index in [2.05, 4.69) is 77.2 Å². The molecular formula is C23H19BrNO+. The molecule has 26 heavy (non-hydrogen) atoms. The van der Waals surface area contributed by atoms with Gasteiger partial charge in [0.15, 0.2) is 0 Å². The average molecular weight is 405 g/mol. The predicted molar refractivity (Wildman–Crippen MR) is 109 cm³/mol. The van der Waals surface area contributed by atoms with Crippen LogP contribution in [0.4, 0.5) is 5.69 Å². The number of nitrogens with one attached hydrogen (secondary N) is 1. The molecule has 4 aromatic rings. The maximum absolute atomic E-state index is 6.26. The number of halogens is 1. The molecule has 0 amide bonds. The van der Waals surface area contributed by atoms with E-state index in [1.807, 2.05) is 30.3 Å². The molecule has 4 rings (SSSR count). The standard InChI is InChI=1S/C23H18BrNO/c1-15-12-16(2)23-20(25-19-10-8-18(24)9-11-19)14-21(26-22(23)13-15)17-6-4-3-5-7-17/h3-14H,1-2H3/p+1. The van der Waals surface area contributed by atoms with E-state index in [0.29, 0.717) is 0 Å². The van der Waals surface area contributed by atoms with E-state index < -0.39 is 0 Å². The number of aryl methyl sites for hydroxylation is 2. The molecule has 1 aromatic heterocycles. The lowest BCUT2D eigenvalue weighted by Crippen LogP contribution is -2.70. The van der Waals surface area contributed by atoms with Crippen LogP contribution in [0.1, 0.15) is 11.1 Å². The Bertz CT molecular complexity index is 1140. The van der Waals surface area contributed by atoms with Crippen LogP contribution in [0.25, 0.3) is 22.3 Å². The van der Waals surface area contributed by atoms with Gasteiger partial charge in [0.1, 0.15) is 11.3 Å². The third kappa shape index (κ3) is 3.35. The van der Waals surface area contributed by atoms with Gasteiger partial charge in [0.05, 0.1) is 11.5 Å². The molecular weight excluding hydrogens is 386 g/mol. The summed E-state index contributed by atoms with van der Waals surface area (Å²) in [6.07, 6.45) is 0. The SMILES string of the molecule is Cc1cc(C)c2c(=[NH+]c3ccc(Br)cc3)cc(-c3ccccc3)oc2c1. The van der Waals surface area contributed by atoms with Gasteiger partial charge < -0.3 is 4.42 Å². The van der Waals surface area contributed by atoms with Crippen molar-refractivity contribution in [2.75, 3.05) is 0 Å². The smallest absolute Gasteiger partial charge is 0.219 e. The van der Waals surface area contributed by atoms with Crippen molar-refractivity contribution < 1.29 is 9.41 Å². The molecule has 0 unspecified atom stereocenters. The van der Waals surface area contributed by atoms with Crippen LogP contribution in [0.2, 0.25) is 0 Å². The third-order valence-electron chi connectivity index (χ3n) is 4.39. The minimum atomic E-state index is 0.850. The van der Waals surface area contributed by atoms with E-state index >= 15 is 0 Å². The van der Waals surface area contributed by atoms with Gasteiger partial charge in [-0.1, -0.05) is 52.3 Å². The molecule has 2 nitrogen and oxygen atoms in total. The van der Waals surface area contributed by atoms with E-state index in [9.17, 15) is 0 Å². The van der Waals surface area contributed by atoms with Gasteiger partial charge in [0.25, 0.3) is 0 Å². The molecule has 0 fully saturated rings. The van der Waals surface area contributed by atoms with Gasteiger partial charge >= 0.3 is 0 Å². The van der Waals surface area contributed by atoms with Crippen LogP contribution < -0.4 is 10.3 Å². The Hall–Kier alpha value is -2.65. The molecule has 1 N–H and O–H groups in total. The highest BCUT2D eigenvalue weighted by atomic mass is 79.9. The van der Waals surface area contributed by atoms with Gasteiger partial charge in [-0.2, -0.15) is 0 Å². The van der Waals surface area contributed by atoms with Crippen molar-refractivity contribution in [1.82, 2.24) is 0 Å². The van der Waals surface area contributed by atoms with Gasteiger partial charge in [-0.05, 0) is 43.2 Å². The molecule has 0 aliphatic carbocycles. The van der Waals surface area contributed by atoms with Crippen molar-refractivity contribution in [2.24, 2.45) is 0 Å². The number of fused-ring (bicyclic) bond motifs is 1. The maximum Gasteiger partial charge on any atom is 0.219 e. The molecule has 0 bridgehead atoms. The lowest BCUT2D eigenvalue weighted by Gasteiger charge is -2.06. The van der Waals surface area contributed by atoms with E-state index in [-0.39, 0.29) is 0 Å². The normalized spacial score (nSPS) is 11.9. The summed E-state index contributed by atoms with van der Waals surface area (Å²) in [5.74, 6) is 0.850. The zero-order valence-electron chi connectivity index (χ0n) is 14.7. The van der Waals surface area contributed by atoms with Crippen molar-refractivity contribution >= 4 is 32.6 Å². The Morgan fingerprint density at radius 3 is 2.31 bits per heavy atom. The summed E-state index contributed by atoms with van der Waals surface area (Å²) in [5, 5.41) is 2.16. The average Bonchev–Trinajstić information content (AvgIpc) is 2.63. The summed E-state index contributed by atoms with van der Waals surface area (Å²) in [6, 6.07) is 24.8. The second kappa shape index (κ2) is 6.93. The molecule has 0 aliphatic rings. The van der Waals surface area contributed by atoms with Crippen molar-refractivity contribution in [3.8, 4) is 11.3 Å². The van der Waals surface area contributed by atoms with Gasteiger partial charge in [-0.25, -0.2) is 4.99 Å². The topological polar surface area (TPSA) is 27.1 Å². The minimum Gasteiger partial charge on any atom is -0.456 e. The molecule has 1 heterocycles. The first-order valence-corrected chi connectivity index (χ1v) is 9.35. The van der Waals surface area contributed by atoms with E-state index in [0.717, 1.165) is 37.8 Å². The first kappa shape index (κ1) is 16.8. The van der Waals surface area contributed by atoms with Crippen LogP contribution in [-0.2, 0) is 0 Å². The lowest BCUT2D eigenvalue weighted by atomic mass is 10.0. The maximum atomic E-state index is 6.26. The third-order valence-corrected chi connectivity index (χ3v) is 4.92. The van der Waals surface area contributed by atoms with Crippen LogP contribution >= 0.6 is 15.9 Å². The highest BCUT2D eigenvalue weighted by Crippen LogP contribution is 2.24. The summed E-state index contributed by atoms with van der Waals surface area (Å²) in [4.78, 5) is 3.56. The van der Waals surface area contributed by atoms with Crippen molar-refractivity contribution in [3.63, 3.8) is 0 Å².